The standard InChI is InChI=1S/C24H33NO5/c1-11-8-12(2)18-16(14(4)13(3)10-23(18,5)9-11)19(26)17-20-24(29)15(22(28)30-20)6-7-25(24)21(17)27/h10-12,14-18,20,29H,6-9H2,1-5H3. The second kappa shape index (κ2) is 6.18. The fraction of sp³-hybridized carbons (Fsp3) is 0.792. The first-order valence-electron chi connectivity index (χ1n) is 11.5. The molecule has 0 aromatic heterocycles. The van der Waals surface area contributed by atoms with Gasteiger partial charge in [-0.25, -0.2) is 0 Å². The number of carbonyl (C=O) groups excluding carboxylic acids is 3. The van der Waals surface area contributed by atoms with Crippen LogP contribution >= 0.6 is 0 Å². The Bertz CT molecular complexity index is 866. The minimum absolute atomic E-state index is 0.0252. The van der Waals surface area contributed by atoms with Crippen molar-refractivity contribution in [1.82, 2.24) is 4.90 Å². The van der Waals surface area contributed by atoms with Crippen LogP contribution in [0.25, 0.3) is 0 Å². The zero-order chi connectivity index (χ0) is 21.7. The molecule has 164 valence electrons. The molecule has 3 saturated heterocycles. The van der Waals surface area contributed by atoms with E-state index in [1.807, 2.05) is 0 Å². The first-order valence-corrected chi connectivity index (χ1v) is 11.5. The van der Waals surface area contributed by atoms with Crippen molar-refractivity contribution >= 4 is 17.7 Å². The quantitative estimate of drug-likeness (QED) is 0.426. The molecule has 1 N–H and O–H groups in total. The monoisotopic (exact) mass is 415 g/mol. The molecular weight excluding hydrogens is 382 g/mol. The molecule has 30 heavy (non-hydrogen) atoms. The van der Waals surface area contributed by atoms with Gasteiger partial charge in [-0.2, -0.15) is 0 Å². The number of carbonyl (C=O) groups is 3. The van der Waals surface area contributed by atoms with Crippen LogP contribution in [0.3, 0.4) is 0 Å². The van der Waals surface area contributed by atoms with E-state index in [1.165, 1.54) is 10.5 Å². The molecule has 3 aliphatic heterocycles. The van der Waals surface area contributed by atoms with Crippen LogP contribution < -0.4 is 0 Å². The molecular formula is C24H33NO5. The van der Waals surface area contributed by atoms with Gasteiger partial charge in [0, 0.05) is 12.5 Å². The van der Waals surface area contributed by atoms with E-state index in [9.17, 15) is 19.5 Å². The van der Waals surface area contributed by atoms with Crippen molar-refractivity contribution in [3.8, 4) is 0 Å². The highest BCUT2D eigenvalue weighted by Gasteiger charge is 2.74. The molecule has 0 bridgehead atoms. The number of aliphatic hydroxyl groups is 1. The number of allylic oxidation sites excluding steroid dienone is 2. The molecule has 5 aliphatic rings. The first-order chi connectivity index (χ1) is 14.0. The van der Waals surface area contributed by atoms with Crippen LogP contribution in [0.5, 0.6) is 0 Å². The zero-order valence-corrected chi connectivity index (χ0v) is 18.6. The molecule has 1 saturated carbocycles. The molecule has 1 amide bonds. The SMILES string of the molecule is CC1=CC2(C)CC(C)CC(C)C2C(C(=O)C2C(=O)N3CCC4C(=O)OC2C43O)C1C. The summed E-state index contributed by atoms with van der Waals surface area (Å²) in [4.78, 5) is 41.0. The lowest BCUT2D eigenvalue weighted by Gasteiger charge is -2.54. The third-order valence-corrected chi connectivity index (χ3v) is 9.14. The summed E-state index contributed by atoms with van der Waals surface area (Å²) in [6, 6.07) is 0. The Labute approximate surface area is 178 Å². The number of ether oxygens (including phenoxy) is 1. The summed E-state index contributed by atoms with van der Waals surface area (Å²) in [6.07, 6.45) is 3.80. The lowest BCUT2D eigenvalue weighted by Crippen LogP contribution is -2.52. The van der Waals surface area contributed by atoms with E-state index in [1.54, 1.807) is 0 Å². The van der Waals surface area contributed by atoms with Gasteiger partial charge in [-0.1, -0.05) is 39.3 Å². The van der Waals surface area contributed by atoms with Crippen molar-refractivity contribution in [2.24, 2.45) is 46.8 Å². The van der Waals surface area contributed by atoms with E-state index >= 15 is 0 Å². The van der Waals surface area contributed by atoms with E-state index in [4.69, 9.17) is 4.74 Å². The highest BCUT2D eigenvalue weighted by molar-refractivity contribution is 6.07. The summed E-state index contributed by atoms with van der Waals surface area (Å²) in [5.74, 6) is -1.98. The molecule has 0 radical (unpaired) electrons. The summed E-state index contributed by atoms with van der Waals surface area (Å²) in [6.45, 7) is 11.2. The molecule has 3 heterocycles. The normalized spacial score (nSPS) is 52.1. The lowest BCUT2D eigenvalue weighted by atomic mass is 9.49. The Hall–Kier alpha value is -1.69. The molecule has 5 rings (SSSR count). The maximum atomic E-state index is 14.1. The van der Waals surface area contributed by atoms with Crippen molar-refractivity contribution < 1.29 is 24.2 Å². The van der Waals surface area contributed by atoms with E-state index < -0.39 is 29.6 Å². The Kier molecular flexibility index (Phi) is 4.17. The Morgan fingerprint density at radius 2 is 1.97 bits per heavy atom. The number of hydrogen-bond acceptors (Lipinski definition) is 5. The molecule has 6 nitrogen and oxygen atoms in total. The average molecular weight is 416 g/mol. The van der Waals surface area contributed by atoms with E-state index in [2.05, 4.69) is 40.7 Å². The lowest BCUT2D eigenvalue weighted by molar-refractivity contribution is -0.152. The highest BCUT2D eigenvalue weighted by atomic mass is 16.6. The van der Waals surface area contributed by atoms with Gasteiger partial charge in [-0.05, 0) is 55.3 Å². The first kappa shape index (κ1) is 20.2. The molecule has 0 spiro atoms. The van der Waals surface area contributed by atoms with Gasteiger partial charge in [0.15, 0.2) is 17.6 Å². The number of amides is 1. The predicted octanol–water partition coefficient (Wildman–Crippen LogP) is 2.55. The molecule has 2 aliphatic carbocycles. The van der Waals surface area contributed by atoms with E-state index in [-0.39, 0.29) is 34.9 Å². The molecule has 4 fully saturated rings. The second-order valence-electron chi connectivity index (χ2n) is 11.1. The van der Waals surface area contributed by atoms with Gasteiger partial charge in [-0.3, -0.25) is 14.4 Å². The number of nitrogens with zero attached hydrogens (tertiary/aromatic N) is 1. The van der Waals surface area contributed by atoms with E-state index in [0.29, 0.717) is 24.8 Å². The smallest absolute Gasteiger partial charge is 0.314 e. The molecule has 0 aromatic carbocycles. The Morgan fingerprint density at radius 3 is 2.67 bits per heavy atom. The van der Waals surface area contributed by atoms with Gasteiger partial charge < -0.3 is 14.7 Å². The van der Waals surface area contributed by atoms with Crippen molar-refractivity contribution in [3.63, 3.8) is 0 Å². The summed E-state index contributed by atoms with van der Waals surface area (Å²) in [5.41, 5.74) is -0.537. The second-order valence-corrected chi connectivity index (χ2v) is 11.1. The summed E-state index contributed by atoms with van der Waals surface area (Å²) < 4.78 is 5.50. The molecule has 6 heteroatoms. The highest BCUT2D eigenvalue weighted by Crippen LogP contribution is 2.59. The van der Waals surface area contributed by atoms with Gasteiger partial charge in [0.2, 0.25) is 5.91 Å². The van der Waals surface area contributed by atoms with Crippen LogP contribution in [0.15, 0.2) is 11.6 Å². The van der Waals surface area contributed by atoms with Gasteiger partial charge in [0.25, 0.3) is 0 Å². The van der Waals surface area contributed by atoms with Crippen LogP contribution in [0, 0.1) is 46.8 Å². The number of hydrogen-bond donors (Lipinski definition) is 1. The van der Waals surface area contributed by atoms with Crippen LogP contribution in [-0.2, 0) is 19.1 Å². The van der Waals surface area contributed by atoms with Crippen LogP contribution in [0.1, 0.15) is 53.9 Å². The summed E-state index contributed by atoms with van der Waals surface area (Å²) >= 11 is 0. The minimum atomic E-state index is -1.65. The number of Topliss-reactive ketones (excluding diaryl/α,β-unsaturated/α-hetero) is 1. The summed E-state index contributed by atoms with van der Waals surface area (Å²) in [7, 11) is 0. The van der Waals surface area contributed by atoms with Gasteiger partial charge in [0.1, 0.15) is 11.8 Å². The molecule has 10 unspecified atom stereocenters. The van der Waals surface area contributed by atoms with Crippen molar-refractivity contribution in [1.29, 1.82) is 0 Å². The zero-order valence-electron chi connectivity index (χ0n) is 18.6. The van der Waals surface area contributed by atoms with Gasteiger partial charge in [-0.15, -0.1) is 0 Å². The fourth-order valence-electron chi connectivity index (χ4n) is 8.14. The topological polar surface area (TPSA) is 83.9 Å². The van der Waals surface area contributed by atoms with Gasteiger partial charge >= 0.3 is 5.97 Å². The maximum absolute atomic E-state index is 14.1. The van der Waals surface area contributed by atoms with Crippen molar-refractivity contribution in [2.75, 3.05) is 6.54 Å². The fourth-order valence-corrected chi connectivity index (χ4v) is 8.14. The molecule has 0 aromatic rings. The number of rotatable bonds is 2. The van der Waals surface area contributed by atoms with Crippen molar-refractivity contribution in [2.45, 2.75) is 65.7 Å². The number of ketones is 1. The Morgan fingerprint density at radius 1 is 1.27 bits per heavy atom. The molecule has 10 atom stereocenters. The predicted molar refractivity (Wildman–Crippen MR) is 109 cm³/mol. The van der Waals surface area contributed by atoms with Crippen LogP contribution in [0.2, 0.25) is 0 Å². The maximum Gasteiger partial charge on any atom is 0.314 e. The third kappa shape index (κ3) is 2.32. The van der Waals surface area contributed by atoms with Crippen LogP contribution in [-0.4, -0.2) is 46.0 Å². The number of fused-ring (bicyclic) bond motifs is 1. The van der Waals surface area contributed by atoms with Gasteiger partial charge in [0.05, 0.1) is 0 Å². The van der Waals surface area contributed by atoms with E-state index in [0.717, 1.165) is 12.8 Å². The average Bonchev–Trinajstić information content (AvgIpc) is 3.18. The Balaban J connectivity index is 1.55. The van der Waals surface area contributed by atoms with Crippen molar-refractivity contribution in [3.05, 3.63) is 11.6 Å². The third-order valence-electron chi connectivity index (χ3n) is 9.14. The largest absolute Gasteiger partial charge is 0.455 e. The number of esters is 1. The van der Waals surface area contributed by atoms with Crippen LogP contribution in [0.4, 0.5) is 0 Å². The summed E-state index contributed by atoms with van der Waals surface area (Å²) in [5, 5.41) is 11.3. The minimum Gasteiger partial charge on any atom is -0.455 e.